The third-order valence-corrected chi connectivity index (χ3v) is 4.34. The van der Waals surface area contributed by atoms with Gasteiger partial charge in [-0.2, -0.15) is 0 Å². The highest BCUT2D eigenvalue weighted by molar-refractivity contribution is 14.1. The first-order valence-corrected chi connectivity index (χ1v) is 8.67. The van der Waals surface area contributed by atoms with Crippen LogP contribution in [0.5, 0.6) is 0 Å². The van der Waals surface area contributed by atoms with Gasteiger partial charge in [-0.25, -0.2) is 4.98 Å². The average molecular weight is 465 g/mol. The fraction of sp³-hybridized carbons (Fsp3) is 0.400. The van der Waals surface area contributed by atoms with Crippen molar-refractivity contribution in [3.63, 3.8) is 0 Å². The van der Waals surface area contributed by atoms with E-state index >= 15 is 0 Å². The number of aryl methyl sites for hydroxylation is 1. The molecular weight excluding hydrogens is 447 g/mol. The smallest absolute Gasteiger partial charge is 0.194 e. The topological polar surface area (TPSA) is 47.3 Å². The van der Waals surface area contributed by atoms with E-state index in [1.807, 2.05) is 6.07 Å². The van der Waals surface area contributed by atoms with Crippen LogP contribution in [0.4, 0.5) is 0 Å². The number of benzene rings is 1. The SMILES string of the molecule is COCCNCCCc1ncc(-c2cc(I)ccc2Br)o1. The molecule has 0 aliphatic heterocycles. The fourth-order valence-electron chi connectivity index (χ4n) is 1.90. The molecule has 4 nitrogen and oxygen atoms in total. The number of hydrogen-bond acceptors (Lipinski definition) is 4. The van der Waals surface area contributed by atoms with E-state index < -0.39 is 0 Å². The van der Waals surface area contributed by atoms with E-state index in [4.69, 9.17) is 9.15 Å². The van der Waals surface area contributed by atoms with Gasteiger partial charge < -0.3 is 14.5 Å². The van der Waals surface area contributed by atoms with Gasteiger partial charge in [0.15, 0.2) is 11.7 Å². The second-order valence-electron chi connectivity index (χ2n) is 4.59. The minimum Gasteiger partial charge on any atom is -0.441 e. The summed E-state index contributed by atoms with van der Waals surface area (Å²) in [5, 5.41) is 3.31. The third kappa shape index (κ3) is 5.36. The summed E-state index contributed by atoms with van der Waals surface area (Å²) >= 11 is 5.84. The van der Waals surface area contributed by atoms with E-state index in [0.717, 1.165) is 54.2 Å². The number of hydrogen-bond donors (Lipinski definition) is 1. The minimum absolute atomic E-state index is 0.740. The summed E-state index contributed by atoms with van der Waals surface area (Å²) in [7, 11) is 1.71. The fourth-order valence-corrected chi connectivity index (χ4v) is 2.83. The number of nitrogens with one attached hydrogen (secondary N) is 1. The Kier molecular flexibility index (Phi) is 7.15. The Morgan fingerprint density at radius 1 is 1.38 bits per heavy atom. The maximum atomic E-state index is 5.84. The number of nitrogens with zero attached hydrogens (tertiary/aromatic N) is 1. The molecule has 0 aliphatic rings. The van der Waals surface area contributed by atoms with Gasteiger partial charge >= 0.3 is 0 Å². The van der Waals surface area contributed by atoms with Crippen LogP contribution >= 0.6 is 38.5 Å². The maximum absolute atomic E-state index is 5.84. The third-order valence-electron chi connectivity index (χ3n) is 2.97. The molecule has 0 aliphatic carbocycles. The molecule has 2 rings (SSSR count). The number of halogens is 2. The van der Waals surface area contributed by atoms with Crippen molar-refractivity contribution in [1.29, 1.82) is 0 Å². The molecule has 0 saturated heterocycles. The molecule has 6 heteroatoms. The summed E-state index contributed by atoms with van der Waals surface area (Å²) in [6.45, 7) is 2.56. The van der Waals surface area contributed by atoms with Crippen LogP contribution in [0.1, 0.15) is 12.3 Å². The summed E-state index contributed by atoms with van der Waals surface area (Å²) in [4.78, 5) is 4.35. The second-order valence-corrected chi connectivity index (χ2v) is 6.69. The quantitative estimate of drug-likeness (QED) is 0.475. The van der Waals surface area contributed by atoms with Crippen molar-refractivity contribution in [3.8, 4) is 11.3 Å². The normalized spacial score (nSPS) is 11.0. The standard InChI is InChI=1S/C15H18BrIN2O2/c1-20-8-7-18-6-2-3-15-19-10-14(21-15)12-9-11(17)4-5-13(12)16/h4-5,9-10,18H,2-3,6-8H2,1H3. The molecule has 21 heavy (non-hydrogen) atoms. The summed E-state index contributed by atoms with van der Waals surface area (Å²) in [5.41, 5.74) is 1.04. The summed E-state index contributed by atoms with van der Waals surface area (Å²) in [6, 6.07) is 6.16. The lowest BCUT2D eigenvalue weighted by Crippen LogP contribution is -2.20. The number of aromatic nitrogens is 1. The highest BCUT2D eigenvalue weighted by atomic mass is 127. The molecule has 0 saturated carbocycles. The summed E-state index contributed by atoms with van der Waals surface area (Å²) < 4.78 is 13.0. The lowest BCUT2D eigenvalue weighted by atomic mass is 10.2. The predicted octanol–water partition coefficient (Wildman–Crippen LogP) is 3.88. The van der Waals surface area contributed by atoms with Crippen molar-refractivity contribution in [2.24, 2.45) is 0 Å². The van der Waals surface area contributed by atoms with Gasteiger partial charge in [0.1, 0.15) is 0 Å². The Morgan fingerprint density at radius 2 is 2.24 bits per heavy atom. The zero-order chi connectivity index (χ0) is 15.1. The summed E-state index contributed by atoms with van der Waals surface area (Å²) in [5.74, 6) is 1.59. The molecule has 0 fully saturated rings. The van der Waals surface area contributed by atoms with Crippen LogP contribution in [0, 0.1) is 3.57 Å². The molecule has 1 heterocycles. The predicted molar refractivity (Wildman–Crippen MR) is 95.4 cm³/mol. The number of ether oxygens (including phenoxy) is 1. The zero-order valence-corrected chi connectivity index (χ0v) is 15.6. The van der Waals surface area contributed by atoms with E-state index in [1.54, 1.807) is 13.3 Å². The molecule has 1 aromatic heterocycles. The molecular formula is C15H18BrIN2O2. The lowest BCUT2D eigenvalue weighted by molar-refractivity contribution is 0.199. The highest BCUT2D eigenvalue weighted by Crippen LogP contribution is 2.30. The van der Waals surface area contributed by atoms with Crippen LogP contribution in [0.2, 0.25) is 0 Å². The van der Waals surface area contributed by atoms with Crippen molar-refractivity contribution in [2.75, 3.05) is 26.8 Å². The molecule has 0 unspecified atom stereocenters. The Morgan fingerprint density at radius 3 is 3.05 bits per heavy atom. The van der Waals surface area contributed by atoms with Crippen molar-refractivity contribution in [1.82, 2.24) is 10.3 Å². The van der Waals surface area contributed by atoms with Crippen molar-refractivity contribution >= 4 is 38.5 Å². The van der Waals surface area contributed by atoms with Crippen LogP contribution in [0.3, 0.4) is 0 Å². The molecule has 0 bridgehead atoms. The van der Waals surface area contributed by atoms with Gasteiger partial charge in [0.05, 0.1) is 12.8 Å². The van der Waals surface area contributed by atoms with Crippen LogP contribution in [-0.4, -0.2) is 31.8 Å². The molecule has 1 N–H and O–H groups in total. The van der Waals surface area contributed by atoms with Crippen molar-refractivity contribution in [2.45, 2.75) is 12.8 Å². The highest BCUT2D eigenvalue weighted by Gasteiger charge is 2.10. The Hall–Kier alpha value is -0.440. The second kappa shape index (κ2) is 8.87. The number of rotatable bonds is 8. The van der Waals surface area contributed by atoms with E-state index in [0.29, 0.717) is 0 Å². The maximum Gasteiger partial charge on any atom is 0.194 e. The lowest BCUT2D eigenvalue weighted by Gasteiger charge is -2.02. The van der Waals surface area contributed by atoms with Gasteiger partial charge in [-0.3, -0.25) is 0 Å². The van der Waals surface area contributed by atoms with E-state index in [2.05, 4.69) is 61.0 Å². The van der Waals surface area contributed by atoms with E-state index in [1.165, 1.54) is 3.57 Å². The van der Waals surface area contributed by atoms with Gasteiger partial charge in [-0.1, -0.05) is 15.9 Å². The van der Waals surface area contributed by atoms with Crippen LogP contribution in [-0.2, 0) is 11.2 Å². The van der Waals surface area contributed by atoms with Gasteiger partial charge in [-0.15, -0.1) is 0 Å². The molecule has 2 aromatic rings. The minimum atomic E-state index is 0.740. The number of oxazole rings is 1. The Balaban J connectivity index is 1.88. The first-order chi connectivity index (χ1) is 10.2. The Labute approximate surface area is 146 Å². The van der Waals surface area contributed by atoms with Crippen LogP contribution in [0.15, 0.2) is 33.3 Å². The Bertz CT molecular complexity index is 575. The van der Waals surface area contributed by atoms with Gasteiger partial charge in [0, 0.05) is 33.7 Å². The molecule has 1 aromatic carbocycles. The van der Waals surface area contributed by atoms with E-state index in [-0.39, 0.29) is 0 Å². The largest absolute Gasteiger partial charge is 0.441 e. The molecule has 0 spiro atoms. The van der Waals surface area contributed by atoms with Crippen LogP contribution < -0.4 is 5.32 Å². The van der Waals surface area contributed by atoms with Gasteiger partial charge in [-0.05, 0) is 53.8 Å². The average Bonchev–Trinajstić information content (AvgIpc) is 2.94. The van der Waals surface area contributed by atoms with Crippen molar-refractivity contribution in [3.05, 3.63) is 38.3 Å². The summed E-state index contributed by atoms with van der Waals surface area (Å²) in [6.07, 6.45) is 3.63. The first-order valence-electron chi connectivity index (χ1n) is 6.80. The van der Waals surface area contributed by atoms with Gasteiger partial charge in [0.2, 0.25) is 0 Å². The molecule has 0 atom stereocenters. The number of methoxy groups -OCH3 is 1. The first kappa shape index (κ1) is 16.9. The molecule has 0 radical (unpaired) electrons. The monoisotopic (exact) mass is 464 g/mol. The molecule has 0 amide bonds. The van der Waals surface area contributed by atoms with Crippen molar-refractivity contribution < 1.29 is 9.15 Å². The van der Waals surface area contributed by atoms with Gasteiger partial charge in [0.25, 0.3) is 0 Å². The van der Waals surface area contributed by atoms with Crippen LogP contribution in [0.25, 0.3) is 11.3 Å². The zero-order valence-electron chi connectivity index (χ0n) is 11.9. The van der Waals surface area contributed by atoms with E-state index in [9.17, 15) is 0 Å². The molecule has 114 valence electrons.